The average Bonchev–Trinajstić information content (AvgIpc) is 2.38. The van der Waals surface area contributed by atoms with Crippen LogP contribution < -0.4 is 5.73 Å². The molecular weight excluding hydrogens is 238 g/mol. The fourth-order valence-corrected chi connectivity index (χ4v) is 1.87. The van der Waals surface area contributed by atoms with Crippen LogP contribution in [-0.4, -0.2) is 23.9 Å². The zero-order chi connectivity index (χ0) is 14.3. The van der Waals surface area contributed by atoms with E-state index in [4.69, 9.17) is 11.0 Å². The van der Waals surface area contributed by atoms with Crippen LogP contribution in [0, 0.1) is 11.3 Å². The summed E-state index contributed by atoms with van der Waals surface area (Å²) in [5.41, 5.74) is 7.25. The SMILES string of the molecule is CC(N)CCCC(=O)N(C)Cc1cccc(C#N)c1. The summed E-state index contributed by atoms with van der Waals surface area (Å²) >= 11 is 0. The van der Waals surface area contributed by atoms with Gasteiger partial charge in [0.2, 0.25) is 5.91 Å². The van der Waals surface area contributed by atoms with Gasteiger partial charge in [0, 0.05) is 26.1 Å². The number of hydrogen-bond donors (Lipinski definition) is 1. The monoisotopic (exact) mass is 259 g/mol. The minimum Gasteiger partial charge on any atom is -0.341 e. The molecule has 1 atom stereocenters. The van der Waals surface area contributed by atoms with Crippen molar-refractivity contribution in [3.63, 3.8) is 0 Å². The predicted octanol–water partition coefficient (Wildman–Crippen LogP) is 2.03. The Morgan fingerprint density at radius 1 is 1.53 bits per heavy atom. The highest BCUT2D eigenvalue weighted by atomic mass is 16.2. The van der Waals surface area contributed by atoms with Gasteiger partial charge < -0.3 is 10.6 Å². The normalized spacial score (nSPS) is 11.7. The van der Waals surface area contributed by atoms with Crippen LogP contribution in [0.1, 0.15) is 37.3 Å². The van der Waals surface area contributed by atoms with Crippen LogP contribution in [0.15, 0.2) is 24.3 Å². The van der Waals surface area contributed by atoms with Crippen molar-refractivity contribution in [3.05, 3.63) is 35.4 Å². The zero-order valence-electron chi connectivity index (χ0n) is 11.6. The van der Waals surface area contributed by atoms with E-state index >= 15 is 0 Å². The maximum atomic E-state index is 11.9. The molecule has 4 heteroatoms. The van der Waals surface area contributed by atoms with Gasteiger partial charge in [0.05, 0.1) is 11.6 Å². The Labute approximate surface area is 114 Å². The van der Waals surface area contributed by atoms with E-state index in [9.17, 15) is 4.79 Å². The molecule has 1 unspecified atom stereocenters. The number of carbonyl (C=O) groups is 1. The molecule has 0 bridgehead atoms. The summed E-state index contributed by atoms with van der Waals surface area (Å²) in [5, 5.41) is 8.83. The number of rotatable bonds is 6. The molecule has 102 valence electrons. The van der Waals surface area contributed by atoms with Gasteiger partial charge in [-0.2, -0.15) is 5.26 Å². The topological polar surface area (TPSA) is 70.1 Å². The standard InChI is InChI=1S/C15H21N3O/c1-12(17)5-3-8-15(19)18(2)11-14-7-4-6-13(9-14)10-16/h4,6-7,9,12H,3,5,8,11,17H2,1-2H3. The van der Waals surface area contributed by atoms with Crippen molar-refractivity contribution in [1.29, 1.82) is 5.26 Å². The third-order valence-electron chi connectivity index (χ3n) is 2.95. The van der Waals surface area contributed by atoms with Crippen LogP contribution >= 0.6 is 0 Å². The van der Waals surface area contributed by atoms with Gasteiger partial charge in [-0.15, -0.1) is 0 Å². The molecule has 1 aromatic carbocycles. The lowest BCUT2D eigenvalue weighted by Gasteiger charge is -2.17. The van der Waals surface area contributed by atoms with Crippen LogP contribution in [-0.2, 0) is 11.3 Å². The minimum atomic E-state index is 0.114. The maximum absolute atomic E-state index is 11.9. The molecule has 0 radical (unpaired) electrons. The largest absolute Gasteiger partial charge is 0.341 e. The van der Waals surface area contributed by atoms with Gasteiger partial charge in [0.25, 0.3) is 0 Å². The van der Waals surface area contributed by atoms with Gasteiger partial charge in [0.1, 0.15) is 0 Å². The molecule has 1 amide bonds. The van der Waals surface area contributed by atoms with Gasteiger partial charge in [-0.1, -0.05) is 12.1 Å². The second kappa shape index (κ2) is 7.55. The van der Waals surface area contributed by atoms with Crippen molar-refractivity contribution in [3.8, 4) is 6.07 Å². The van der Waals surface area contributed by atoms with Gasteiger partial charge in [-0.05, 0) is 37.5 Å². The number of hydrogen-bond acceptors (Lipinski definition) is 3. The van der Waals surface area contributed by atoms with E-state index in [1.807, 2.05) is 25.1 Å². The molecule has 0 aromatic heterocycles. The molecule has 0 aliphatic carbocycles. The Bertz CT molecular complexity index is 463. The Morgan fingerprint density at radius 2 is 2.26 bits per heavy atom. The summed E-state index contributed by atoms with van der Waals surface area (Å²) < 4.78 is 0. The first-order valence-corrected chi connectivity index (χ1v) is 6.51. The second-order valence-corrected chi connectivity index (χ2v) is 4.93. The van der Waals surface area contributed by atoms with E-state index < -0.39 is 0 Å². The molecule has 19 heavy (non-hydrogen) atoms. The minimum absolute atomic E-state index is 0.114. The number of nitriles is 1. The third kappa shape index (κ3) is 5.54. The summed E-state index contributed by atoms with van der Waals surface area (Å²) in [6.45, 7) is 2.48. The van der Waals surface area contributed by atoms with Gasteiger partial charge in [-0.3, -0.25) is 4.79 Å². The van der Waals surface area contributed by atoms with Gasteiger partial charge in [0.15, 0.2) is 0 Å². The highest BCUT2D eigenvalue weighted by molar-refractivity contribution is 5.75. The first-order chi connectivity index (χ1) is 9.02. The predicted molar refractivity (Wildman–Crippen MR) is 75.1 cm³/mol. The first-order valence-electron chi connectivity index (χ1n) is 6.51. The molecule has 4 nitrogen and oxygen atoms in total. The van der Waals surface area contributed by atoms with Gasteiger partial charge in [-0.25, -0.2) is 0 Å². The number of nitrogens with two attached hydrogens (primary N) is 1. The van der Waals surface area contributed by atoms with Crippen molar-refractivity contribution >= 4 is 5.91 Å². The fraction of sp³-hybridized carbons (Fsp3) is 0.467. The van der Waals surface area contributed by atoms with Crippen LogP contribution in [0.3, 0.4) is 0 Å². The van der Waals surface area contributed by atoms with E-state index in [2.05, 4.69) is 6.07 Å². The number of carbonyl (C=O) groups excluding carboxylic acids is 1. The first kappa shape index (κ1) is 15.2. The van der Waals surface area contributed by atoms with Crippen molar-refractivity contribution in [2.24, 2.45) is 5.73 Å². The molecule has 2 N–H and O–H groups in total. The van der Waals surface area contributed by atoms with Crippen molar-refractivity contribution in [2.75, 3.05) is 7.05 Å². The Balaban J connectivity index is 2.47. The summed E-state index contributed by atoms with van der Waals surface area (Å²) in [6, 6.07) is 9.57. The van der Waals surface area contributed by atoms with E-state index in [0.29, 0.717) is 18.5 Å². The lowest BCUT2D eigenvalue weighted by Crippen LogP contribution is -2.26. The Kier molecular flexibility index (Phi) is 6.04. The van der Waals surface area contributed by atoms with Crippen LogP contribution in [0.5, 0.6) is 0 Å². The smallest absolute Gasteiger partial charge is 0.222 e. The van der Waals surface area contributed by atoms with Crippen LogP contribution in [0.2, 0.25) is 0 Å². The van der Waals surface area contributed by atoms with E-state index in [0.717, 1.165) is 18.4 Å². The Morgan fingerprint density at radius 3 is 2.89 bits per heavy atom. The molecule has 0 heterocycles. The molecule has 0 aliphatic rings. The molecule has 0 aliphatic heterocycles. The van der Waals surface area contributed by atoms with E-state index in [-0.39, 0.29) is 11.9 Å². The van der Waals surface area contributed by atoms with Crippen molar-refractivity contribution < 1.29 is 4.79 Å². The number of amides is 1. The molecular formula is C15H21N3O. The number of benzene rings is 1. The Hall–Kier alpha value is -1.86. The molecule has 0 fully saturated rings. The summed E-state index contributed by atoms with van der Waals surface area (Å²) in [4.78, 5) is 13.6. The lowest BCUT2D eigenvalue weighted by molar-refractivity contribution is -0.130. The molecule has 0 saturated carbocycles. The highest BCUT2D eigenvalue weighted by Gasteiger charge is 2.09. The van der Waals surface area contributed by atoms with Crippen molar-refractivity contribution in [2.45, 2.75) is 38.8 Å². The fourth-order valence-electron chi connectivity index (χ4n) is 1.87. The van der Waals surface area contributed by atoms with Crippen LogP contribution in [0.4, 0.5) is 0 Å². The quantitative estimate of drug-likeness (QED) is 0.849. The molecule has 1 aromatic rings. The maximum Gasteiger partial charge on any atom is 0.222 e. The van der Waals surface area contributed by atoms with Crippen LogP contribution in [0.25, 0.3) is 0 Å². The average molecular weight is 259 g/mol. The second-order valence-electron chi connectivity index (χ2n) is 4.93. The number of nitrogens with zero attached hydrogens (tertiary/aromatic N) is 2. The third-order valence-corrected chi connectivity index (χ3v) is 2.95. The van der Waals surface area contributed by atoms with Crippen molar-refractivity contribution in [1.82, 2.24) is 4.90 Å². The molecule has 0 saturated heterocycles. The molecule has 0 spiro atoms. The summed E-state index contributed by atoms with van der Waals surface area (Å²) in [5.74, 6) is 0.114. The van der Waals surface area contributed by atoms with E-state index in [1.165, 1.54) is 0 Å². The highest BCUT2D eigenvalue weighted by Crippen LogP contribution is 2.09. The summed E-state index contributed by atoms with van der Waals surface area (Å²) in [6.07, 6.45) is 2.21. The van der Waals surface area contributed by atoms with E-state index in [1.54, 1.807) is 18.0 Å². The van der Waals surface area contributed by atoms with Gasteiger partial charge >= 0.3 is 0 Å². The zero-order valence-corrected chi connectivity index (χ0v) is 11.6. The summed E-state index contributed by atoms with van der Waals surface area (Å²) in [7, 11) is 1.78. The lowest BCUT2D eigenvalue weighted by atomic mass is 10.1. The molecule has 1 rings (SSSR count).